The fourth-order valence-electron chi connectivity index (χ4n) is 2.60. The van der Waals surface area contributed by atoms with E-state index in [2.05, 4.69) is 24.1 Å². The van der Waals surface area contributed by atoms with E-state index in [1.807, 2.05) is 12.1 Å². The van der Waals surface area contributed by atoms with Crippen LogP contribution in [0.25, 0.3) is 0 Å². The number of hydrogen-bond donors (Lipinski definition) is 1. The van der Waals surface area contributed by atoms with Crippen LogP contribution in [0.15, 0.2) is 18.3 Å². The predicted molar refractivity (Wildman–Crippen MR) is 70.4 cm³/mol. The predicted octanol–water partition coefficient (Wildman–Crippen LogP) is 3.33. The van der Waals surface area contributed by atoms with Crippen LogP contribution in [0.5, 0.6) is 5.88 Å². The van der Waals surface area contributed by atoms with Gasteiger partial charge in [-0.1, -0.05) is 20.3 Å². The first-order valence-corrected chi connectivity index (χ1v) is 6.46. The number of pyridine rings is 1. The van der Waals surface area contributed by atoms with Gasteiger partial charge in [0.15, 0.2) is 0 Å². The summed E-state index contributed by atoms with van der Waals surface area (Å²) in [6.45, 7) is 4.66. The Balaban J connectivity index is 2.08. The van der Waals surface area contributed by atoms with Crippen molar-refractivity contribution in [2.24, 2.45) is 11.8 Å². The van der Waals surface area contributed by atoms with Crippen LogP contribution in [-0.2, 0) is 0 Å². The number of aromatic nitrogens is 1. The third kappa shape index (κ3) is 2.90. The van der Waals surface area contributed by atoms with Gasteiger partial charge in [-0.25, -0.2) is 4.98 Å². The number of ether oxygens (including phenoxy) is 1. The maximum absolute atomic E-state index is 5.28. The molecule has 0 saturated heterocycles. The van der Waals surface area contributed by atoms with E-state index >= 15 is 0 Å². The SMILES string of the molecule is COc1ncccc1NC1CC(C)CCC1C. The van der Waals surface area contributed by atoms with Crippen molar-refractivity contribution in [3.8, 4) is 5.88 Å². The molecule has 1 saturated carbocycles. The van der Waals surface area contributed by atoms with Gasteiger partial charge in [-0.3, -0.25) is 0 Å². The van der Waals surface area contributed by atoms with Gasteiger partial charge in [0.25, 0.3) is 0 Å². The Labute approximate surface area is 104 Å². The maximum Gasteiger partial charge on any atom is 0.237 e. The molecule has 2 rings (SSSR count). The highest BCUT2D eigenvalue weighted by Gasteiger charge is 2.25. The molecule has 0 radical (unpaired) electrons. The van der Waals surface area contributed by atoms with Crippen molar-refractivity contribution < 1.29 is 4.74 Å². The van der Waals surface area contributed by atoms with Crippen LogP contribution in [0, 0.1) is 11.8 Å². The van der Waals surface area contributed by atoms with E-state index < -0.39 is 0 Å². The summed E-state index contributed by atoms with van der Waals surface area (Å²) in [6.07, 6.45) is 5.65. The van der Waals surface area contributed by atoms with Crippen molar-refractivity contribution in [2.45, 2.75) is 39.2 Å². The van der Waals surface area contributed by atoms with Crippen LogP contribution in [0.3, 0.4) is 0 Å². The second kappa shape index (κ2) is 5.39. The third-order valence-electron chi connectivity index (χ3n) is 3.76. The Bertz CT molecular complexity index is 367. The third-order valence-corrected chi connectivity index (χ3v) is 3.76. The standard InChI is InChI=1S/C14H22N2O/c1-10-6-7-11(2)13(9-10)16-12-5-4-8-15-14(12)17-3/h4-5,8,10-11,13,16H,6-7,9H2,1-3H3. The average molecular weight is 234 g/mol. The Morgan fingerprint density at radius 2 is 2.18 bits per heavy atom. The zero-order valence-electron chi connectivity index (χ0n) is 10.9. The first-order chi connectivity index (χ1) is 8.20. The van der Waals surface area contributed by atoms with Crippen LogP contribution in [0.4, 0.5) is 5.69 Å². The van der Waals surface area contributed by atoms with E-state index in [1.165, 1.54) is 19.3 Å². The van der Waals surface area contributed by atoms with Gasteiger partial charge in [-0.15, -0.1) is 0 Å². The number of methoxy groups -OCH3 is 1. The average Bonchev–Trinajstić information content (AvgIpc) is 2.34. The van der Waals surface area contributed by atoms with Crippen LogP contribution in [-0.4, -0.2) is 18.1 Å². The molecule has 1 aliphatic rings. The van der Waals surface area contributed by atoms with Gasteiger partial charge in [-0.2, -0.15) is 0 Å². The molecule has 1 N–H and O–H groups in total. The lowest BCUT2D eigenvalue weighted by molar-refractivity contribution is 0.280. The minimum Gasteiger partial charge on any atom is -0.480 e. The minimum atomic E-state index is 0.539. The summed E-state index contributed by atoms with van der Waals surface area (Å²) in [4.78, 5) is 4.22. The molecule has 0 aromatic carbocycles. The summed E-state index contributed by atoms with van der Waals surface area (Å²) in [6, 6.07) is 4.52. The highest BCUT2D eigenvalue weighted by molar-refractivity contribution is 5.52. The number of nitrogens with one attached hydrogen (secondary N) is 1. The van der Waals surface area contributed by atoms with Crippen LogP contribution in [0.1, 0.15) is 33.1 Å². The highest BCUT2D eigenvalue weighted by Crippen LogP contribution is 2.32. The second-order valence-electron chi connectivity index (χ2n) is 5.21. The molecule has 3 nitrogen and oxygen atoms in total. The van der Waals surface area contributed by atoms with Crippen molar-refractivity contribution in [3.05, 3.63) is 18.3 Å². The van der Waals surface area contributed by atoms with Crippen molar-refractivity contribution >= 4 is 5.69 Å². The van der Waals surface area contributed by atoms with Crippen LogP contribution >= 0.6 is 0 Å². The summed E-state index contributed by atoms with van der Waals surface area (Å²) in [7, 11) is 1.67. The Morgan fingerprint density at radius 1 is 1.35 bits per heavy atom. The first kappa shape index (κ1) is 12.2. The summed E-state index contributed by atoms with van der Waals surface area (Å²) < 4.78 is 5.28. The van der Waals surface area contributed by atoms with Gasteiger partial charge in [0.1, 0.15) is 0 Å². The fourth-order valence-corrected chi connectivity index (χ4v) is 2.60. The number of nitrogens with zero attached hydrogens (tertiary/aromatic N) is 1. The van der Waals surface area contributed by atoms with E-state index in [0.717, 1.165) is 17.5 Å². The molecule has 3 unspecified atom stereocenters. The molecule has 0 amide bonds. The van der Waals surface area contributed by atoms with E-state index in [1.54, 1.807) is 13.3 Å². The van der Waals surface area contributed by atoms with Gasteiger partial charge >= 0.3 is 0 Å². The largest absolute Gasteiger partial charge is 0.480 e. The summed E-state index contributed by atoms with van der Waals surface area (Å²) in [5.74, 6) is 2.22. The van der Waals surface area contributed by atoms with E-state index in [9.17, 15) is 0 Å². The zero-order chi connectivity index (χ0) is 12.3. The minimum absolute atomic E-state index is 0.539. The van der Waals surface area contributed by atoms with E-state index in [-0.39, 0.29) is 0 Å². The van der Waals surface area contributed by atoms with Gasteiger partial charge in [-0.05, 0) is 36.8 Å². The van der Waals surface area contributed by atoms with Crippen molar-refractivity contribution in [2.75, 3.05) is 12.4 Å². The molecular weight excluding hydrogens is 212 g/mol. The Morgan fingerprint density at radius 3 is 2.94 bits per heavy atom. The molecule has 0 spiro atoms. The molecule has 3 heteroatoms. The normalized spacial score (nSPS) is 28.8. The number of rotatable bonds is 3. The van der Waals surface area contributed by atoms with Gasteiger partial charge < -0.3 is 10.1 Å². The molecule has 1 aliphatic carbocycles. The molecule has 1 aromatic rings. The number of anilines is 1. The molecule has 0 aliphatic heterocycles. The van der Waals surface area contributed by atoms with Crippen LogP contribution < -0.4 is 10.1 Å². The summed E-state index contributed by atoms with van der Waals surface area (Å²) >= 11 is 0. The highest BCUT2D eigenvalue weighted by atomic mass is 16.5. The monoisotopic (exact) mass is 234 g/mol. The summed E-state index contributed by atoms with van der Waals surface area (Å²) in [5.41, 5.74) is 1.01. The molecule has 3 atom stereocenters. The first-order valence-electron chi connectivity index (χ1n) is 6.46. The molecule has 1 fully saturated rings. The van der Waals surface area contributed by atoms with Crippen molar-refractivity contribution in [1.82, 2.24) is 4.98 Å². The molecule has 94 valence electrons. The fraction of sp³-hybridized carbons (Fsp3) is 0.643. The summed E-state index contributed by atoms with van der Waals surface area (Å²) in [5, 5.41) is 3.59. The molecule has 1 heterocycles. The Hall–Kier alpha value is -1.25. The van der Waals surface area contributed by atoms with Crippen LogP contribution in [0.2, 0.25) is 0 Å². The number of hydrogen-bond acceptors (Lipinski definition) is 3. The topological polar surface area (TPSA) is 34.1 Å². The van der Waals surface area contributed by atoms with E-state index in [4.69, 9.17) is 4.74 Å². The van der Waals surface area contributed by atoms with Gasteiger partial charge in [0.05, 0.1) is 12.8 Å². The van der Waals surface area contributed by atoms with Crippen molar-refractivity contribution in [3.63, 3.8) is 0 Å². The van der Waals surface area contributed by atoms with E-state index in [0.29, 0.717) is 11.9 Å². The molecular formula is C14H22N2O. The Kier molecular flexibility index (Phi) is 3.87. The van der Waals surface area contributed by atoms with Gasteiger partial charge in [0, 0.05) is 12.2 Å². The zero-order valence-corrected chi connectivity index (χ0v) is 10.9. The lowest BCUT2D eigenvalue weighted by Crippen LogP contribution is -2.33. The molecule has 1 aromatic heterocycles. The molecule has 0 bridgehead atoms. The quantitative estimate of drug-likeness (QED) is 0.871. The lowest BCUT2D eigenvalue weighted by Gasteiger charge is -2.34. The second-order valence-corrected chi connectivity index (χ2v) is 5.21. The lowest BCUT2D eigenvalue weighted by atomic mass is 9.80. The van der Waals surface area contributed by atoms with Gasteiger partial charge in [0.2, 0.25) is 5.88 Å². The molecule has 17 heavy (non-hydrogen) atoms. The van der Waals surface area contributed by atoms with Crippen molar-refractivity contribution in [1.29, 1.82) is 0 Å². The maximum atomic E-state index is 5.28. The smallest absolute Gasteiger partial charge is 0.237 e.